The summed E-state index contributed by atoms with van der Waals surface area (Å²) in [6.07, 6.45) is 52.4. The van der Waals surface area contributed by atoms with Gasteiger partial charge in [0.2, 0.25) is 0 Å². The molecule has 0 amide bonds. The Bertz CT molecular complexity index is 962. The van der Waals surface area contributed by atoms with Gasteiger partial charge in [-0.2, -0.15) is 0 Å². The predicted molar refractivity (Wildman–Crippen MR) is 270 cm³/mol. The highest BCUT2D eigenvalue weighted by atomic mass is 16.6. The van der Waals surface area contributed by atoms with Crippen LogP contribution in [0, 0.1) is 11.8 Å². The molecular formula is C57H110O6. The van der Waals surface area contributed by atoms with E-state index in [-0.39, 0.29) is 31.1 Å². The van der Waals surface area contributed by atoms with Gasteiger partial charge >= 0.3 is 17.9 Å². The molecule has 0 saturated heterocycles. The van der Waals surface area contributed by atoms with Crippen LogP contribution in [0.5, 0.6) is 0 Å². The van der Waals surface area contributed by atoms with Crippen LogP contribution in [0.2, 0.25) is 0 Å². The van der Waals surface area contributed by atoms with Crippen molar-refractivity contribution in [2.24, 2.45) is 11.8 Å². The Kier molecular flexibility index (Phi) is 48.6. The average Bonchev–Trinajstić information content (AvgIpc) is 3.25. The van der Waals surface area contributed by atoms with E-state index in [1.54, 1.807) is 0 Å². The topological polar surface area (TPSA) is 78.9 Å². The van der Waals surface area contributed by atoms with Gasteiger partial charge < -0.3 is 14.2 Å². The summed E-state index contributed by atoms with van der Waals surface area (Å²) < 4.78 is 16.9. The number of rotatable bonds is 51. The summed E-state index contributed by atoms with van der Waals surface area (Å²) in [5.41, 5.74) is 0. The number of esters is 3. The Morgan fingerprint density at radius 3 is 0.778 bits per heavy atom. The van der Waals surface area contributed by atoms with Crippen LogP contribution in [0.25, 0.3) is 0 Å². The van der Waals surface area contributed by atoms with Crippen molar-refractivity contribution < 1.29 is 28.6 Å². The first-order valence-corrected chi connectivity index (χ1v) is 28.2. The Balaban J connectivity index is 4.25. The molecule has 0 radical (unpaired) electrons. The lowest BCUT2D eigenvalue weighted by atomic mass is 10.0. The minimum absolute atomic E-state index is 0.0632. The number of hydrogen-bond acceptors (Lipinski definition) is 6. The van der Waals surface area contributed by atoms with Crippen molar-refractivity contribution in [2.75, 3.05) is 13.2 Å². The second-order valence-electron chi connectivity index (χ2n) is 20.5. The lowest BCUT2D eigenvalue weighted by molar-refractivity contribution is -0.167. The van der Waals surface area contributed by atoms with E-state index in [9.17, 15) is 14.4 Å². The molecule has 0 aromatic rings. The molecule has 0 unspecified atom stereocenters. The van der Waals surface area contributed by atoms with Crippen molar-refractivity contribution in [3.63, 3.8) is 0 Å². The van der Waals surface area contributed by atoms with E-state index in [0.717, 1.165) is 69.6 Å². The monoisotopic (exact) mass is 891 g/mol. The summed E-state index contributed by atoms with van der Waals surface area (Å²) in [6.45, 7) is 11.4. The van der Waals surface area contributed by atoms with Crippen LogP contribution in [0.4, 0.5) is 0 Å². The molecule has 0 heterocycles. The Labute approximate surface area is 393 Å². The molecule has 0 aliphatic carbocycles. The first-order valence-electron chi connectivity index (χ1n) is 28.2. The number of carbonyl (C=O) groups excluding carboxylic acids is 3. The van der Waals surface area contributed by atoms with Gasteiger partial charge in [0.15, 0.2) is 6.10 Å². The van der Waals surface area contributed by atoms with E-state index in [2.05, 4.69) is 34.6 Å². The highest BCUT2D eigenvalue weighted by molar-refractivity contribution is 5.71. The van der Waals surface area contributed by atoms with Crippen molar-refractivity contribution in [3.05, 3.63) is 0 Å². The van der Waals surface area contributed by atoms with Gasteiger partial charge in [-0.25, -0.2) is 0 Å². The fourth-order valence-electron chi connectivity index (χ4n) is 8.70. The molecule has 0 bridgehead atoms. The third kappa shape index (κ3) is 51.3. The van der Waals surface area contributed by atoms with Gasteiger partial charge in [-0.1, -0.05) is 279 Å². The summed E-state index contributed by atoms with van der Waals surface area (Å²) in [5.74, 6) is 0.806. The molecule has 0 saturated carbocycles. The fraction of sp³-hybridized carbons (Fsp3) is 0.947. The molecular weight excluding hydrogens is 781 g/mol. The van der Waals surface area contributed by atoms with Crippen molar-refractivity contribution >= 4 is 17.9 Å². The maximum Gasteiger partial charge on any atom is 0.306 e. The predicted octanol–water partition coefficient (Wildman–Crippen LogP) is 18.5. The summed E-state index contributed by atoms with van der Waals surface area (Å²) in [4.78, 5) is 38.0. The highest BCUT2D eigenvalue weighted by Gasteiger charge is 2.19. The van der Waals surface area contributed by atoms with Gasteiger partial charge in [0.25, 0.3) is 0 Å². The molecule has 0 aliphatic rings. The molecule has 0 aromatic heterocycles. The van der Waals surface area contributed by atoms with Crippen LogP contribution >= 0.6 is 0 Å². The molecule has 0 rings (SSSR count). The van der Waals surface area contributed by atoms with Gasteiger partial charge in [-0.3, -0.25) is 14.4 Å². The van der Waals surface area contributed by atoms with Crippen molar-refractivity contribution in [1.82, 2.24) is 0 Å². The number of unbranched alkanes of at least 4 members (excludes halogenated alkanes) is 36. The minimum Gasteiger partial charge on any atom is -0.462 e. The van der Waals surface area contributed by atoms with Crippen LogP contribution in [-0.4, -0.2) is 37.2 Å². The van der Waals surface area contributed by atoms with Gasteiger partial charge in [-0.15, -0.1) is 0 Å². The van der Waals surface area contributed by atoms with E-state index in [0.29, 0.717) is 19.3 Å². The van der Waals surface area contributed by atoms with Gasteiger partial charge in [0.05, 0.1) is 0 Å². The smallest absolute Gasteiger partial charge is 0.306 e. The van der Waals surface area contributed by atoms with Crippen LogP contribution in [-0.2, 0) is 28.6 Å². The molecule has 0 spiro atoms. The average molecular weight is 892 g/mol. The molecule has 6 heteroatoms. The van der Waals surface area contributed by atoms with E-state index in [4.69, 9.17) is 14.2 Å². The summed E-state index contributed by atoms with van der Waals surface area (Å²) in [7, 11) is 0. The van der Waals surface area contributed by atoms with Gasteiger partial charge in [0.1, 0.15) is 13.2 Å². The van der Waals surface area contributed by atoms with Crippen LogP contribution in [0.1, 0.15) is 317 Å². The summed E-state index contributed by atoms with van der Waals surface area (Å²) >= 11 is 0. The van der Waals surface area contributed by atoms with Crippen molar-refractivity contribution in [1.29, 1.82) is 0 Å². The number of ether oxygens (including phenoxy) is 3. The Morgan fingerprint density at radius 1 is 0.302 bits per heavy atom. The van der Waals surface area contributed by atoms with Crippen molar-refractivity contribution in [3.8, 4) is 0 Å². The van der Waals surface area contributed by atoms with Crippen LogP contribution in [0.15, 0.2) is 0 Å². The number of hydrogen-bond donors (Lipinski definition) is 0. The first-order chi connectivity index (χ1) is 30.7. The van der Waals surface area contributed by atoms with Crippen LogP contribution < -0.4 is 0 Å². The van der Waals surface area contributed by atoms with Crippen LogP contribution in [0.3, 0.4) is 0 Å². The summed E-state index contributed by atoms with van der Waals surface area (Å²) in [5, 5.41) is 0. The Hall–Kier alpha value is -1.59. The third-order valence-electron chi connectivity index (χ3n) is 13.0. The highest BCUT2D eigenvalue weighted by Crippen LogP contribution is 2.18. The Morgan fingerprint density at radius 2 is 0.524 bits per heavy atom. The second kappa shape index (κ2) is 49.8. The van der Waals surface area contributed by atoms with Gasteiger partial charge in [-0.05, 0) is 31.1 Å². The maximum atomic E-state index is 12.8. The zero-order chi connectivity index (χ0) is 46.1. The lowest BCUT2D eigenvalue weighted by Gasteiger charge is -2.18. The van der Waals surface area contributed by atoms with E-state index in [1.165, 1.54) is 205 Å². The van der Waals surface area contributed by atoms with E-state index in [1.807, 2.05) is 0 Å². The first kappa shape index (κ1) is 61.4. The molecule has 374 valence electrons. The molecule has 0 fully saturated rings. The molecule has 6 nitrogen and oxygen atoms in total. The SMILES string of the molecule is CCCCCCCCCCCCCCCCCC(=O)O[C@@H](COC(=O)CCCCCCCCCCCCCCCCCCC(C)C)COC(=O)CCCCCCCCCCC(C)C. The largest absolute Gasteiger partial charge is 0.462 e. The molecule has 63 heavy (non-hydrogen) atoms. The molecule has 0 aromatic carbocycles. The normalized spacial score (nSPS) is 12.0. The minimum atomic E-state index is -0.762. The molecule has 0 aliphatic heterocycles. The summed E-state index contributed by atoms with van der Waals surface area (Å²) in [6, 6.07) is 0. The van der Waals surface area contributed by atoms with Gasteiger partial charge in [0, 0.05) is 19.3 Å². The third-order valence-corrected chi connectivity index (χ3v) is 13.0. The quantitative estimate of drug-likeness (QED) is 0.0344. The van der Waals surface area contributed by atoms with E-state index >= 15 is 0 Å². The molecule has 1 atom stereocenters. The fourth-order valence-corrected chi connectivity index (χ4v) is 8.70. The lowest BCUT2D eigenvalue weighted by Crippen LogP contribution is -2.30. The van der Waals surface area contributed by atoms with Crippen molar-refractivity contribution in [2.45, 2.75) is 323 Å². The maximum absolute atomic E-state index is 12.8. The second-order valence-corrected chi connectivity index (χ2v) is 20.5. The molecule has 0 N–H and O–H groups in total. The standard InChI is InChI=1S/C57H110O6/c1-6-7-8-9-10-11-12-13-16-21-24-27-34-39-44-49-57(60)63-54(51-62-56(59)48-43-38-33-29-28-31-36-41-46-53(4)5)50-61-55(58)47-42-37-32-26-23-20-18-15-14-17-19-22-25-30-35-40-45-52(2)3/h52-54H,6-51H2,1-5H3/t54-/m0/s1. The van der Waals surface area contributed by atoms with E-state index < -0.39 is 6.10 Å². The zero-order valence-corrected chi connectivity index (χ0v) is 43.2. The zero-order valence-electron chi connectivity index (χ0n) is 43.2. The number of carbonyl (C=O) groups is 3.